The molecule has 2 unspecified atom stereocenters. The van der Waals surface area contributed by atoms with Gasteiger partial charge in [0, 0.05) is 22.3 Å². The van der Waals surface area contributed by atoms with E-state index in [1.807, 2.05) is 0 Å². The maximum atomic E-state index is 13.7. The summed E-state index contributed by atoms with van der Waals surface area (Å²) in [5.41, 5.74) is 6.26. The Balaban J connectivity index is 1.46. The fraction of sp³-hybridized carbons (Fsp3) is 0.478. The molecule has 1 aromatic carbocycles. The van der Waals surface area contributed by atoms with Crippen LogP contribution in [0.5, 0.6) is 0 Å². The van der Waals surface area contributed by atoms with Gasteiger partial charge in [0.1, 0.15) is 23.6 Å². The summed E-state index contributed by atoms with van der Waals surface area (Å²) in [5, 5.41) is 8.65. The molecule has 2 aliphatic rings. The van der Waals surface area contributed by atoms with Crippen LogP contribution >= 0.6 is 15.9 Å². The largest absolute Gasteiger partial charge is 0.368 e. The lowest BCUT2D eigenvalue weighted by Crippen LogP contribution is -2.54. The number of carbonyl (C=O) groups excluding carboxylic acids is 4. The Kier molecular flexibility index (Phi) is 7.20. The number of fused-ring (bicyclic) bond motifs is 1. The Hall–Kier alpha value is -2.95. The molecule has 34 heavy (non-hydrogen) atoms. The number of H-pyrrole nitrogens is 1. The highest BCUT2D eigenvalue weighted by Gasteiger charge is 2.34. The Bertz CT molecular complexity index is 1130. The van der Waals surface area contributed by atoms with Gasteiger partial charge in [0.15, 0.2) is 0 Å². The number of aromatic nitrogens is 1. The molecule has 0 spiro atoms. The normalized spacial score (nSPS) is 19.8. The Morgan fingerprint density at radius 2 is 1.88 bits per heavy atom. The minimum atomic E-state index is -1.02. The van der Waals surface area contributed by atoms with Gasteiger partial charge in [-0.3, -0.25) is 19.2 Å². The Morgan fingerprint density at radius 3 is 2.56 bits per heavy atom. The Labute approximate surface area is 203 Å². The van der Waals surface area contributed by atoms with E-state index in [9.17, 15) is 23.6 Å². The highest BCUT2D eigenvalue weighted by molar-refractivity contribution is 9.10. The molecule has 6 N–H and O–H groups in total. The van der Waals surface area contributed by atoms with Crippen molar-refractivity contribution < 1.29 is 23.6 Å². The van der Waals surface area contributed by atoms with Crippen LogP contribution in [-0.2, 0) is 14.4 Å². The number of amides is 4. The molecule has 0 bridgehead atoms. The number of rotatable bonds is 9. The molecule has 11 heteroatoms. The monoisotopic (exact) mass is 535 g/mol. The highest BCUT2D eigenvalue weighted by atomic mass is 79.9. The van der Waals surface area contributed by atoms with E-state index in [-0.39, 0.29) is 18.0 Å². The summed E-state index contributed by atoms with van der Waals surface area (Å²) in [6, 6.07) is 2.21. The fourth-order valence-electron chi connectivity index (χ4n) is 4.31. The first-order chi connectivity index (χ1) is 16.2. The SMILES string of the molecule is NC(=O)C(C[C@@H]1CCCNC1=O)NC(=O)C(CC1CC1)NC(=O)c1cc2cc(F)cc(Br)c2[nH]1. The van der Waals surface area contributed by atoms with Crippen molar-refractivity contribution in [2.75, 3.05) is 6.54 Å². The Morgan fingerprint density at radius 1 is 1.12 bits per heavy atom. The third kappa shape index (κ3) is 5.75. The highest BCUT2D eigenvalue weighted by Crippen LogP contribution is 2.34. The lowest BCUT2D eigenvalue weighted by molar-refractivity contribution is -0.131. The first-order valence-corrected chi connectivity index (χ1v) is 12.2. The summed E-state index contributed by atoms with van der Waals surface area (Å²) < 4.78 is 14.2. The van der Waals surface area contributed by atoms with Gasteiger partial charge in [0.2, 0.25) is 17.7 Å². The zero-order chi connectivity index (χ0) is 24.4. The van der Waals surface area contributed by atoms with Gasteiger partial charge >= 0.3 is 0 Å². The molecule has 182 valence electrons. The zero-order valence-electron chi connectivity index (χ0n) is 18.5. The van der Waals surface area contributed by atoms with E-state index >= 15 is 0 Å². The average Bonchev–Trinajstić information content (AvgIpc) is 3.49. The van der Waals surface area contributed by atoms with Crippen LogP contribution in [0.4, 0.5) is 4.39 Å². The number of piperidine rings is 1. The molecule has 1 aliphatic carbocycles. The quantitative estimate of drug-likeness (QED) is 0.333. The third-order valence-corrected chi connectivity index (χ3v) is 6.98. The van der Waals surface area contributed by atoms with Crippen molar-refractivity contribution in [1.29, 1.82) is 0 Å². The standard InChI is InChI=1S/C23H27BrFN5O4/c24-15-10-14(25)7-13-9-18(28-19(13)15)23(34)30-17(6-11-3-4-11)22(33)29-16(20(26)31)8-12-2-1-5-27-21(12)32/h7,9-12,16-17,28H,1-6,8H2,(H2,26,31)(H,27,32)(H,29,33)(H,30,34)/t12-,16?,17?/m0/s1. The summed E-state index contributed by atoms with van der Waals surface area (Å²) in [7, 11) is 0. The first kappa shape index (κ1) is 24.2. The predicted octanol–water partition coefficient (Wildman–Crippen LogP) is 1.85. The molecule has 9 nitrogen and oxygen atoms in total. The van der Waals surface area contributed by atoms with Crippen molar-refractivity contribution in [2.24, 2.45) is 17.6 Å². The second-order valence-electron chi connectivity index (χ2n) is 9.07. The molecule has 1 aliphatic heterocycles. The molecule has 2 aromatic rings. The molecule has 3 atom stereocenters. The van der Waals surface area contributed by atoms with Crippen molar-refractivity contribution in [2.45, 2.75) is 50.6 Å². The molecule has 1 saturated heterocycles. The van der Waals surface area contributed by atoms with Crippen molar-refractivity contribution in [3.05, 3.63) is 34.2 Å². The van der Waals surface area contributed by atoms with E-state index in [2.05, 4.69) is 36.9 Å². The molecule has 2 heterocycles. The molecule has 1 aromatic heterocycles. The van der Waals surface area contributed by atoms with Crippen LogP contribution in [0.3, 0.4) is 0 Å². The van der Waals surface area contributed by atoms with E-state index in [1.165, 1.54) is 18.2 Å². The number of aromatic amines is 1. The van der Waals surface area contributed by atoms with Crippen LogP contribution in [-0.4, -0.2) is 47.2 Å². The molecular weight excluding hydrogens is 509 g/mol. The van der Waals surface area contributed by atoms with Crippen LogP contribution in [0, 0.1) is 17.7 Å². The molecule has 1 saturated carbocycles. The summed E-state index contributed by atoms with van der Waals surface area (Å²) >= 11 is 3.27. The van der Waals surface area contributed by atoms with Crippen molar-refractivity contribution >= 4 is 50.5 Å². The molecular formula is C23H27BrFN5O4. The maximum absolute atomic E-state index is 13.7. The number of hydrogen-bond acceptors (Lipinski definition) is 4. The number of hydrogen-bond donors (Lipinski definition) is 5. The van der Waals surface area contributed by atoms with Crippen molar-refractivity contribution in [1.82, 2.24) is 20.9 Å². The maximum Gasteiger partial charge on any atom is 0.268 e. The smallest absolute Gasteiger partial charge is 0.268 e. The molecule has 0 radical (unpaired) electrons. The fourth-order valence-corrected chi connectivity index (χ4v) is 4.85. The van der Waals surface area contributed by atoms with E-state index in [1.54, 1.807) is 0 Å². The van der Waals surface area contributed by atoms with Crippen LogP contribution in [0.1, 0.15) is 49.0 Å². The van der Waals surface area contributed by atoms with Gasteiger partial charge in [0.25, 0.3) is 5.91 Å². The summed E-state index contributed by atoms with van der Waals surface area (Å²) in [4.78, 5) is 53.1. The van der Waals surface area contributed by atoms with E-state index in [4.69, 9.17) is 5.73 Å². The first-order valence-electron chi connectivity index (χ1n) is 11.4. The van der Waals surface area contributed by atoms with Gasteiger partial charge in [0.05, 0.1) is 5.52 Å². The number of nitrogens with two attached hydrogens (primary N) is 1. The van der Waals surface area contributed by atoms with Gasteiger partial charge in [-0.15, -0.1) is 0 Å². The van der Waals surface area contributed by atoms with Crippen LogP contribution < -0.4 is 21.7 Å². The molecule has 2 fully saturated rings. The summed E-state index contributed by atoms with van der Waals surface area (Å²) in [6.45, 7) is 0.593. The van der Waals surface area contributed by atoms with E-state index in [0.717, 1.165) is 19.3 Å². The van der Waals surface area contributed by atoms with Gasteiger partial charge < -0.3 is 26.7 Å². The number of primary amides is 1. The van der Waals surface area contributed by atoms with E-state index < -0.39 is 41.5 Å². The van der Waals surface area contributed by atoms with E-state index in [0.29, 0.717) is 40.7 Å². The van der Waals surface area contributed by atoms with Crippen LogP contribution in [0.2, 0.25) is 0 Å². The van der Waals surface area contributed by atoms with Crippen molar-refractivity contribution in [3.8, 4) is 0 Å². The average molecular weight is 536 g/mol. The predicted molar refractivity (Wildman–Crippen MR) is 126 cm³/mol. The minimum absolute atomic E-state index is 0.110. The lowest BCUT2D eigenvalue weighted by Gasteiger charge is -2.27. The third-order valence-electron chi connectivity index (χ3n) is 6.36. The number of nitrogens with one attached hydrogen (secondary N) is 4. The van der Waals surface area contributed by atoms with Gasteiger partial charge in [-0.2, -0.15) is 0 Å². The molecule has 4 amide bonds. The second kappa shape index (κ2) is 10.1. The zero-order valence-corrected chi connectivity index (χ0v) is 20.0. The minimum Gasteiger partial charge on any atom is -0.368 e. The van der Waals surface area contributed by atoms with Crippen LogP contribution in [0.15, 0.2) is 22.7 Å². The molecule has 4 rings (SSSR count). The lowest BCUT2D eigenvalue weighted by atomic mass is 9.91. The summed E-state index contributed by atoms with van der Waals surface area (Å²) in [5.74, 6) is -2.48. The van der Waals surface area contributed by atoms with Gasteiger partial charge in [-0.1, -0.05) is 12.8 Å². The van der Waals surface area contributed by atoms with Crippen LogP contribution in [0.25, 0.3) is 10.9 Å². The van der Waals surface area contributed by atoms with Gasteiger partial charge in [-0.05, 0) is 65.7 Å². The number of carbonyl (C=O) groups is 4. The van der Waals surface area contributed by atoms with Gasteiger partial charge in [-0.25, -0.2) is 4.39 Å². The number of halogens is 2. The van der Waals surface area contributed by atoms with Crippen molar-refractivity contribution in [3.63, 3.8) is 0 Å². The number of benzene rings is 1. The second-order valence-corrected chi connectivity index (χ2v) is 9.92. The topological polar surface area (TPSA) is 146 Å². The summed E-state index contributed by atoms with van der Waals surface area (Å²) in [6.07, 6.45) is 3.86.